The standard InChI is InChI=1S/C15H32N2/c1-13(2)7-9-15(4,12-16)17-10-5-6-14(3)8-11-17/h13-14H,5-12,16H2,1-4H3. The lowest BCUT2D eigenvalue weighted by Gasteiger charge is -2.41. The molecule has 2 nitrogen and oxygen atoms in total. The van der Waals surface area contributed by atoms with Crippen molar-refractivity contribution in [2.45, 2.75) is 65.3 Å². The third-order valence-corrected chi connectivity index (χ3v) is 4.48. The first-order valence-corrected chi connectivity index (χ1v) is 7.43. The van der Waals surface area contributed by atoms with E-state index in [1.54, 1.807) is 0 Å². The normalized spacial score (nSPS) is 26.8. The van der Waals surface area contributed by atoms with Crippen molar-refractivity contribution in [1.29, 1.82) is 0 Å². The summed E-state index contributed by atoms with van der Waals surface area (Å²) in [5.74, 6) is 1.68. The summed E-state index contributed by atoms with van der Waals surface area (Å²) in [7, 11) is 0. The molecule has 0 aromatic rings. The van der Waals surface area contributed by atoms with Gasteiger partial charge in [-0.15, -0.1) is 0 Å². The lowest BCUT2D eigenvalue weighted by molar-refractivity contribution is 0.0986. The summed E-state index contributed by atoms with van der Waals surface area (Å²) in [4.78, 5) is 2.67. The van der Waals surface area contributed by atoms with Crippen molar-refractivity contribution >= 4 is 0 Å². The maximum Gasteiger partial charge on any atom is 0.0303 e. The number of hydrogen-bond acceptors (Lipinski definition) is 2. The molecule has 2 atom stereocenters. The van der Waals surface area contributed by atoms with Gasteiger partial charge < -0.3 is 5.73 Å². The summed E-state index contributed by atoms with van der Waals surface area (Å²) in [6.07, 6.45) is 6.62. The Hall–Kier alpha value is -0.0800. The number of hydrogen-bond donors (Lipinski definition) is 1. The van der Waals surface area contributed by atoms with Crippen molar-refractivity contribution in [3.63, 3.8) is 0 Å². The van der Waals surface area contributed by atoms with Gasteiger partial charge in [-0.2, -0.15) is 0 Å². The van der Waals surface area contributed by atoms with Gasteiger partial charge in [0.1, 0.15) is 0 Å². The molecule has 2 N–H and O–H groups in total. The average molecular weight is 240 g/mol. The third kappa shape index (κ3) is 4.59. The first-order chi connectivity index (χ1) is 7.98. The molecule has 1 rings (SSSR count). The van der Waals surface area contributed by atoms with Crippen LogP contribution in [-0.2, 0) is 0 Å². The van der Waals surface area contributed by atoms with E-state index in [1.807, 2.05) is 0 Å². The molecule has 17 heavy (non-hydrogen) atoms. The number of likely N-dealkylation sites (tertiary alicyclic amines) is 1. The Bertz CT molecular complexity index is 215. The molecule has 1 fully saturated rings. The first kappa shape index (κ1) is 15.0. The molecule has 1 aliphatic heterocycles. The molecule has 0 saturated carbocycles. The lowest BCUT2D eigenvalue weighted by atomic mass is 9.90. The van der Waals surface area contributed by atoms with Crippen molar-refractivity contribution in [2.75, 3.05) is 19.6 Å². The highest BCUT2D eigenvalue weighted by molar-refractivity contribution is 4.89. The van der Waals surface area contributed by atoms with E-state index in [0.29, 0.717) is 0 Å². The fourth-order valence-electron chi connectivity index (χ4n) is 2.79. The van der Waals surface area contributed by atoms with E-state index >= 15 is 0 Å². The minimum Gasteiger partial charge on any atom is -0.329 e. The van der Waals surface area contributed by atoms with Crippen molar-refractivity contribution in [3.8, 4) is 0 Å². The van der Waals surface area contributed by atoms with Crippen molar-refractivity contribution in [1.82, 2.24) is 4.90 Å². The van der Waals surface area contributed by atoms with Crippen LogP contribution in [0.4, 0.5) is 0 Å². The fourth-order valence-corrected chi connectivity index (χ4v) is 2.79. The monoisotopic (exact) mass is 240 g/mol. The Kier molecular flexibility index (Phi) is 5.94. The van der Waals surface area contributed by atoms with Crippen molar-refractivity contribution < 1.29 is 0 Å². The summed E-state index contributed by atoms with van der Waals surface area (Å²) >= 11 is 0. The van der Waals surface area contributed by atoms with Gasteiger partial charge in [0.25, 0.3) is 0 Å². The summed E-state index contributed by atoms with van der Waals surface area (Å²) in [5, 5.41) is 0. The highest BCUT2D eigenvalue weighted by atomic mass is 15.2. The van der Waals surface area contributed by atoms with Gasteiger partial charge in [0.2, 0.25) is 0 Å². The van der Waals surface area contributed by atoms with Crippen molar-refractivity contribution in [3.05, 3.63) is 0 Å². The van der Waals surface area contributed by atoms with Crippen LogP contribution in [-0.4, -0.2) is 30.1 Å². The summed E-state index contributed by atoms with van der Waals surface area (Å²) < 4.78 is 0. The van der Waals surface area contributed by atoms with E-state index in [2.05, 4.69) is 32.6 Å². The van der Waals surface area contributed by atoms with Crippen LogP contribution in [0.5, 0.6) is 0 Å². The second kappa shape index (κ2) is 6.75. The van der Waals surface area contributed by atoms with Crippen LogP contribution in [0, 0.1) is 11.8 Å². The molecule has 2 heteroatoms. The predicted octanol–water partition coefficient (Wildman–Crippen LogP) is 3.26. The highest BCUT2D eigenvalue weighted by Gasteiger charge is 2.31. The van der Waals surface area contributed by atoms with E-state index in [1.165, 1.54) is 45.2 Å². The molecule has 0 spiro atoms. The molecule has 1 heterocycles. The quantitative estimate of drug-likeness (QED) is 0.799. The Labute approximate surface area is 108 Å². The van der Waals surface area contributed by atoms with Crippen LogP contribution in [0.3, 0.4) is 0 Å². The molecule has 102 valence electrons. The molecule has 0 aromatic carbocycles. The topological polar surface area (TPSA) is 29.3 Å². The van der Waals surface area contributed by atoms with E-state index in [-0.39, 0.29) is 5.54 Å². The molecule has 1 aliphatic rings. The molecular formula is C15H32N2. The average Bonchev–Trinajstić information content (AvgIpc) is 2.51. The number of nitrogens with zero attached hydrogens (tertiary/aromatic N) is 1. The van der Waals surface area contributed by atoms with E-state index in [9.17, 15) is 0 Å². The number of nitrogens with two attached hydrogens (primary N) is 1. The van der Waals surface area contributed by atoms with E-state index < -0.39 is 0 Å². The van der Waals surface area contributed by atoms with E-state index in [0.717, 1.165) is 18.4 Å². The van der Waals surface area contributed by atoms with Crippen molar-refractivity contribution in [2.24, 2.45) is 17.6 Å². The van der Waals surface area contributed by atoms with Gasteiger partial charge in [0, 0.05) is 12.1 Å². The number of rotatable bonds is 5. The molecule has 0 aromatic heterocycles. The molecule has 0 bridgehead atoms. The first-order valence-electron chi connectivity index (χ1n) is 7.43. The SMILES string of the molecule is CC(C)CCC(C)(CN)N1CCCC(C)CC1. The van der Waals surface area contributed by atoms with Crippen LogP contribution >= 0.6 is 0 Å². The summed E-state index contributed by atoms with van der Waals surface area (Å²) in [6, 6.07) is 0. The zero-order valence-electron chi connectivity index (χ0n) is 12.3. The lowest BCUT2D eigenvalue weighted by Crippen LogP contribution is -2.52. The smallest absolute Gasteiger partial charge is 0.0303 e. The van der Waals surface area contributed by atoms with Crippen LogP contribution in [0.25, 0.3) is 0 Å². The van der Waals surface area contributed by atoms with Crippen LogP contribution in [0.15, 0.2) is 0 Å². The Morgan fingerprint density at radius 1 is 1.29 bits per heavy atom. The highest BCUT2D eigenvalue weighted by Crippen LogP contribution is 2.27. The second-order valence-electron chi connectivity index (χ2n) is 6.66. The van der Waals surface area contributed by atoms with Crippen LogP contribution in [0.1, 0.15) is 59.8 Å². The van der Waals surface area contributed by atoms with E-state index in [4.69, 9.17) is 5.73 Å². The Balaban J connectivity index is 2.57. The minimum atomic E-state index is 0.230. The van der Waals surface area contributed by atoms with Gasteiger partial charge >= 0.3 is 0 Å². The zero-order valence-corrected chi connectivity index (χ0v) is 12.3. The Morgan fingerprint density at radius 3 is 2.59 bits per heavy atom. The molecule has 0 radical (unpaired) electrons. The van der Waals surface area contributed by atoms with Crippen LogP contribution in [0.2, 0.25) is 0 Å². The molecular weight excluding hydrogens is 208 g/mol. The minimum absolute atomic E-state index is 0.230. The Morgan fingerprint density at radius 2 is 2.00 bits per heavy atom. The third-order valence-electron chi connectivity index (χ3n) is 4.48. The molecule has 0 amide bonds. The second-order valence-corrected chi connectivity index (χ2v) is 6.66. The van der Waals surface area contributed by atoms with Gasteiger partial charge in [-0.3, -0.25) is 4.90 Å². The zero-order chi connectivity index (χ0) is 12.9. The molecule has 2 unspecified atom stereocenters. The largest absolute Gasteiger partial charge is 0.329 e. The molecule has 1 saturated heterocycles. The van der Waals surface area contributed by atoms with Gasteiger partial charge in [-0.25, -0.2) is 0 Å². The van der Waals surface area contributed by atoms with Gasteiger partial charge in [0.05, 0.1) is 0 Å². The van der Waals surface area contributed by atoms with Crippen LogP contribution < -0.4 is 5.73 Å². The van der Waals surface area contributed by atoms with Gasteiger partial charge in [-0.05, 0) is 64.0 Å². The van der Waals surface area contributed by atoms with Gasteiger partial charge in [-0.1, -0.05) is 20.8 Å². The summed E-state index contributed by atoms with van der Waals surface area (Å²) in [5.41, 5.74) is 6.30. The fraction of sp³-hybridized carbons (Fsp3) is 1.00. The maximum atomic E-state index is 6.07. The van der Waals surface area contributed by atoms with Gasteiger partial charge in [0.15, 0.2) is 0 Å². The predicted molar refractivity (Wildman–Crippen MR) is 76.1 cm³/mol. The molecule has 0 aliphatic carbocycles. The maximum absolute atomic E-state index is 6.07. The summed E-state index contributed by atoms with van der Waals surface area (Å²) in [6.45, 7) is 12.7.